The molecule has 2 aromatic carbocycles. The van der Waals surface area contributed by atoms with Crippen molar-refractivity contribution in [3.63, 3.8) is 0 Å². The number of likely N-dealkylation sites (N-methyl/N-ethyl adjacent to an activating group) is 1. The molecule has 1 aliphatic rings. The molecule has 0 heterocycles. The van der Waals surface area contributed by atoms with Crippen LogP contribution in [0, 0.1) is 5.82 Å². The highest BCUT2D eigenvalue weighted by Gasteiger charge is 2.45. The predicted molar refractivity (Wildman–Crippen MR) is 114 cm³/mol. The Labute approximate surface area is 172 Å². The average Bonchev–Trinajstić information content (AvgIpc) is 3.51. The van der Waals surface area contributed by atoms with Gasteiger partial charge in [-0.05, 0) is 37.0 Å². The topological polar surface area (TPSA) is 56.7 Å². The SMILES string of the molecule is CC(NC(=NCC(=O)N(C)C)NCC1(c2ccccc2F)CC1)c1ccccc1. The first-order valence-electron chi connectivity index (χ1n) is 9.96. The number of carbonyl (C=O) groups is 1. The Morgan fingerprint density at radius 3 is 2.41 bits per heavy atom. The van der Waals surface area contributed by atoms with Crippen LogP contribution in [0.5, 0.6) is 0 Å². The van der Waals surface area contributed by atoms with E-state index in [1.165, 1.54) is 11.0 Å². The molecule has 1 unspecified atom stereocenters. The van der Waals surface area contributed by atoms with Crippen molar-refractivity contribution in [1.29, 1.82) is 0 Å². The highest BCUT2D eigenvalue weighted by molar-refractivity contribution is 5.85. The van der Waals surface area contributed by atoms with E-state index >= 15 is 0 Å². The number of hydrogen-bond acceptors (Lipinski definition) is 2. The normalized spacial score (nSPS) is 16.1. The predicted octanol–water partition coefficient (Wildman–Crippen LogP) is 3.24. The minimum Gasteiger partial charge on any atom is -0.355 e. The summed E-state index contributed by atoms with van der Waals surface area (Å²) in [5, 5.41) is 6.71. The van der Waals surface area contributed by atoms with Crippen molar-refractivity contribution in [2.45, 2.75) is 31.2 Å². The minimum atomic E-state index is -0.213. The van der Waals surface area contributed by atoms with Gasteiger partial charge in [0, 0.05) is 26.1 Å². The number of carbonyl (C=O) groups excluding carboxylic acids is 1. The third-order valence-corrected chi connectivity index (χ3v) is 5.42. The Bertz CT molecular complexity index is 862. The molecule has 3 rings (SSSR count). The molecule has 1 fully saturated rings. The zero-order valence-corrected chi connectivity index (χ0v) is 17.3. The molecule has 0 bridgehead atoms. The fraction of sp³-hybridized carbons (Fsp3) is 0.391. The lowest BCUT2D eigenvalue weighted by molar-refractivity contribution is -0.127. The summed E-state index contributed by atoms with van der Waals surface area (Å²) in [5.41, 5.74) is 1.65. The maximum Gasteiger partial charge on any atom is 0.243 e. The van der Waals surface area contributed by atoms with Gasteiger partial charge >= 0.3 is 0 Å². The van der Waals surface area contributed by atoms with E-state index in [4.69, 9.17) is 0 Å². The van der Waals surface area contributed by atoms with Gasteiger partial charge in [0.25, 0.3) is 0 Å². The molecule has 154 valence electrons. The molecule has 0 spiro atoms. The fourth-order valence-electron chi connectivity index (χ4n) is 3.31. The molecule has 1 aliphatic carbocycles. The molecule has 29 heavy (non-hydrogen) atoms. The number of amides is 1. The molecule has 5 nitrogen and oxygen atoms in total. The first-order valence-corrected chi connectivity index (χ1v) is 9.96. The quantitative estimate of drug-likeness (QED) is 0.558. The molecular formula is C23H29FN4O. The van der Waals surface area contributed by atoms with Crippen LogP contribution in [0.4, 0.5) is 4.39 Å². The zero-order chi connectivity index (χ0) is 20.9. The van der Waals surface area contributed by atoms with Gasteiger partial charge in [-0.3, -0.25) is 4.79 Å². The highest BCUT2D eigenvalue weighted by Crippen LogP contribution is 2.48. The second kappa shape index (κ2) is 9.07. The number of rotatable bonds is 7. The number of guanidine groups is 1. The summed E-state index contributed by atoms with van der Waals surface area (Å²) < 4.78 is 14.3. The van der Waals surface area contributed by atoms with E-state index in [0.29, 0.717) is 12.5 Å². The van der Waals surface area contributed by atoms with Crippen LogP contribution in [-0.4, -0.2) is 44.0 Å². The van der Waals surface area contributed by atoms with Crippen LogP contribution in [0.3, 0.4) is 0 Å². The second-order valence-electron chi connectivity index (χ2n) is 7.84. The molecule has 6 heteroatoms. The van der Waals surface area contributed by atoms with Crippen LogP contribution in [0.1, 0.15) is 36.9 Å². The largest absolute Gasteiger partial charge is 0.355 e. The van der Waals surface area contributed by atoms with Crippen molar-refractivity contribution in [2.75, 3.05) is 27.2 Å². The number of halogens is 1. The van der Waals surface area contributed by atoms with Gasteiger partial charge in [0.2, 0.25) is 5.91 Å². The number of hydrogen-bond donors (Lipinski definition) is 2. The molecule has 2 aromatic rings. The summed E-state index contributed by atoms with van der Waals surface area (Å²) in [6, 6.07) is 17.0. The van der Waals surface area contributed by atoms with Gasteiger partial charge in [-0.2, -0.15) is 0 Å². The maximum absolute atomic E-state index is 14.3. The van der Waals surface area contributed by atoms with Gasteiger partial charge in [0.15, 0.2) is 5.96 Å². The second-order valence-corrected chi connectivity index (χ2v) is 7.84. The monoisotopic (exact) mass is 396 g/mol. The number of benzene rings is 2. The smallest absolute Gasteiger partial charge is 0.243 e. The molecule has 1 atom stereocenters. The molecule has 1 amide bonds. The summed E-state index contributed by atoms with van der Waals surface area (Å²) >= 11 is 0. The Morgan fingerprint density at radius 2 is 1.79 bits per heavy atom. The van der Waals surface area contributed by atoms with Crippen molar-refractivity contribution >= 4 is 11.9 Å². The summed E-state index contributed by atoms with van der Waals surface area (Å²) in [7, 11) is 3.42. The zero-order valence-electron chi connectivity index (χ0n) is 17.3. The van der Waals surface area contributed by atoms with E-state index in [-0.39, 0.29) is 29.7 Å². The highest BCUT2D eigenvalue weighted by atomic mass is 19.1. The standard InChI is InChI=1S/C23H29FN4O/c1-17(18-9-5-4-6-10-18)27-22(25-15-21(29)28(2)3)26-16-23(13-14-23)19-11-7-8-12-20(19)24/h4-12,17H,13-16H2,1-3H3,(H2,25,26,27). The summed E-state index contributed by atoms with van der Waals surface area (Å²) in [6.45, 7) is 2.66. The van der Waals surface area contributed by atoms with Gasteiger partial charge in [-0.1, -0.05) is 48.5 Å². The van der Waals surface area contributed by atoms with Crippen LogP contribution >= 0.6 is 0 Å². The lowest BCUT2D eigenvalue weighted by Crippen LogP contribution is -2.43. The Kier molecular flexibility index (Phi) is 6.52. The molecule has 0 saturated heterocycles. The van der Waals surface area contributed by atoms with Gasteiger partial charge in [0.1, 0.15) is 12.4 Å². The molecule has 0 aromatic heterocycles. The van der Waals surface area contributed by atoms with E-state index in [0.717, 1.165) is 24.0 Å². The Hall–Kier alpha value is -2.89. The van der Waals surface area contributed by atoms with Crippen molar-refractivity contribution in [1.82, 2.24) is 15.5 Å². The summed E-state index contributed by atoms with van der Waals surface area (Å²) in [5.74, 6) is 0.312. The molecule has 1 saturated carbocycles. The van der Waals surface area contributed by atoms with Crippen LogP contribution in [0.15, 0.2) is 59.6 Å². The molecule has 0 aliphatic heterocycles. The third-order valence-electron chi connectivity index (χ3n) is 5.42. The van der Waals surface area contributed by atoms with Crippen molar-refractivity contribution in [3.8, 4) is 0 Å². The van der Waals surface area contributed by atoms with Crippen LogP contribution in [-0.2, 0) is 10.2 Å². The van der Waals surface area contributed by atoms with Crippen molar-refractivity contribution in [2.24, 2.45) is 4.99 Å². The van der Waals surface area contributed by atoms with Gasteiger partial charge in [0.05, 0.1) is 6.04 Å². The first-order chi connectivity index (χ1) is 13.9. The third kappa shape index (κ3) is 5.34. The van der Waals surface area contributed by atoms with Gasteiger partial charge in [-0.25, -0.2) is 9.38 Å². The van der Waals surface area contributed by atoms with Gasteiger partial charge < -0.3 is 15.5 Å². The Morgan fingerprint density at radius 1 is 1.14 bits per heavy atom. The summed E-state index contributed by atoms with van der Waals surface area (Å²) in [4.78, 5) is 18.0. The van der Waals surface area contributed by atoms with Crippen LogP contribution < -0.4 is 10.6 Å². The van der Waals surface area contributed by atoms with E-state index in [1.54, 1.807) is 20.2 Å². The first kappa shape index (κ1) is 20.8. The fourth-order valence-corrected chi connectivity index (χ4v) is 3.31. The maximum atomic E-state index is 14.3. The summed E-state index contributed by atoms with van der Waals surface area (Å²) in [6.07, 6.45) is 1.86. The number of aliphatic imine (C=N–C) groups is 1. The van der Waals surface area contributed by atoms with Crippen molar-refractivity contribution in [3.05, 3.63) is 71.5 Å². The average molecular weight is 397 g/mol. The Balaban J connectivity index is 1.72. The van der Waals surface area contributed by atoms with Crippen LogP contribution in [0.25, 0.3) is 0 Å². The molecule has 2 N–H and O–H groups in total. The van der Waals surface area contributed by atoms with E-state index < -0.39 is 0 Å². The van der Waals surface area contributed by atoms with E-state index in [1.807, 2.05) is 49.4 Å². The van der Waals surface area contributed by atoms with E-state index in [9.17, 15) is 9.18 Å². The minimum absolute atomic E-state index is 0.0144. The number of nitrogens with zero attached hydrogens (tertiary/aromatic N) is 2. The van der Waals surface area contributed by atoms with Crippen LogP contribution in [0.2, 0.25) is 0 Å². The van der Waals surface area contributed by atoms with Crippen molar-refractivity contribution < 1.29 is 9.18 Å². The number of nitrogens with one attached hydrogen (secondary N) is 2. The lowest BCUT2D eigenvalue weighted by atomic mass is 9.95. The van der Waals surface area contributed by atoms with E-state index in [2.05, 4.69) is 15.6 Å². The lowest BCUT2D eigenvalue weighted by Gasteiger charge is -2.22. The molecular weight excluding hydrogens is 367 g/mol. The van der Waals surface area contributed by atoms with Gasteiger partial charge in [-0.15, -0.1) is 0 Å². The molecule has 0 radical (unpaired) electrons.